The number of imidazole rings is 1. The summed E-state index contributed by atoms with van der Waals surface area (Å²) < 4.78 is 2.40. The van der Waals surface area contributed by atoms with Gasteiger partial charge < -0.3 is 9.67 Å². The first-order chi connectivity index (χ1) is 8.40. The smallest absolute Gasteiger partial charge is 0.109 e. The molecule has 0 spiro atoms. The average Bonchev–Trinajstić information content (AvgIpc) is 2.97. The highest BCUT2D eigenvalue weighted by molar-refractivity contribution is 5.23. The Balaban J connectivity index is 1.97. The number of aromatic nitrogens is 2. The van der Waals surface area contributed by atoms with E-state index in [-0.39, 0.29) is 6.61 Å². The number of hydrogen-bond donors (Lipinski definition) is 1. The number of hydrogen-bond acceptors (Lipinski definition) is 2. The van der Waals surface area contributed by atoms with Gasteiger partial charge in [0.15, 0.2) is 0 Å². The number of aryl methyl sites for hydroxylation is 1. The van der Waals surface area contributed by atoms with Crippen molar-refractivity contribution in [2.75, 3.05) is 6.61 Å². The number of aliphatic hydroxyl groups excluding tert-OH is 1. The summed E-state index contributed by atoms with van der Waals surface area (Å²) in [7, 11) is 0. The third-order valence-corrected chi connectivity index (χ3v) is 4.31. The summed E-state index contributed by atoms with van der Waals surface area (Å²) in [5.41, 5.74) is 2.67. The van der Waals surface area contributed by atoms with Crippen LogP contribution in [0.25, 0.3) is 0 Å². The standard InChI is InChI=1S/C14H22N2O/c17-10-8-12-14(11-5-1-2-6-11)15-13-7-3-4-9-16(12)13/h11,17H,1-10H2. The molecule has 1 saturated carbocycles. The van der Waals surface area contributed by atoms with Crippen LogP contribution in [0.2, 0.25) is 0 Å². The van der Waals surface area contributed by atoms with Crippen LogP contribution >= 0.6 is 0 Å². The molecule has 1 aliphatic heterocycles. The molecule has 1 aromatic heterocycles. The van der Waals surface area contributed by atoms with Crippen molar-refractivity contribution in [1.82, 2.24) is 9.55 Å². The molecule has 1 aromatic rings. The van der Waals surface area contributed by atoms with E-state index in [0.29, 0.717) is 5.92 Å². The summed E-state index contributed by atoms with van der Waals surface area (Å²) in [6.07, 6.45) is 9.77. The molecule has 2 aliphatic rings. The van der Waals surface area contributed by atoms with Crippen LogP contribution in [0.4, 0.5) is 0 Å². The van der Waals surface area contributed by atoms with Crippen LogP contribution < -0.4 is 0 Å². The molecule has 0 amide bonds. The molecule has 0 bridgehead atoms. The van der Waals surface area contributed by atoms with Crippen LogP contribution in [0.5, 0.6) is 0 Å². The zero-order valence-electron chi connectivity index (χ0n) is 10.5. The summed E-state index contributed by atoms with van der Waals surface area (Å²) in [5.74, 6) is 1.95. The van der Waals surface area contributed by atoms with E-state index in [1.165, 1.54) is 55.7 Å². The third kappa shape index (κ3) is 2.01. The Morgan fingerprint density at radius 2 is 2.00 bits per heavy atom. The molecule has 0 aromatic carbocycles. The van der Waals surface area contributed by atoms with Gasteiger partial charge in [0, 0.05) is 37.6 Å². The lowest BCUT2D eigenvalue weighted by Gasteiger charge is -2.16. The largest absolute Gasteiger partial charge is 0.396 e. The van der Waals surface area contributed by atoms with Crippen LogP contribution in [-0.2, 0) is 19.4 Å². The summed E-state index contributed by atoms with van der Waals surface area (Å²) in [6.45, 7) is 1.37. The van der Waals surface area contributed by atoms with E-state index in [9.17, 15) is 5.11 Å². The fraction of sp³-hybridized carbons (Fsp3) is 0.786. The Bertz CT molecular complexity index is 391. The van der Waals surface area contributed by atoms with Crippen LogP contribution in [0.15, 0.2) is 0 Å². The van der Waals surface area contributed by atoms with Crippen molar-refractivity contribution in [1.29, 1.82) is 0 Å². The molecule has 2 heterocycles. The molecule has 94 valence electrons. The molecule has 17 heavy (non-hydrogen) atoms. The highest BCUT2D eigenvalue weighted by atomic mass is 16.3. The Labute approximate surface area is 103 Å². The van der Waals surface area contributed by atoms with E-state index < -0.39 is 0 Å². The van der Waals surface area contributed by atoms with E-state index in [4.69, 9.17) is 4.98 Å². The topological polar surface area (TPSA) is 38.1 Å². The monoisotopic (exact) mass is 234 g/mol. The fourth-order valence-electron chi connectivity index (χ4n) is 3.46. The van der Waals surface area contributed by atoms with Gasteiger partial charge in [-0.1, -0.05) is 12.8 Å². The van der Waals surface area contributed by atoms with Crippen molar-refractivity contribution < 1.29 is 5.11 Å². The molecule has 0 radical (unpaired) electrons. The van der Waals surface area contributed by atoms with E-state index in [1.54, 1.807) is 0 Å². The number of rotatable bonds is 3. The summed E-state index contributed by atoms with van der Waals surface area (Å²) >= 11 is 0. The third-order valence-electron chi connectivity index (χ3n) is 4.31. The van der Waals surface area contributed by atoms with E-state index in [0.717, 1.165) is 19.4 Å². The van der Waals surface area contributed by atoms with Crippen molar-refractivity contribution in [3.8, 4) is 0 Å². The predicted molar refractivity (Wildman–Crippen MR) is 67.2 cm³/mol. The highest BCUT2D eigenvalue weighted by Crippen LogP contribution is 2.36. The van der Waals surface area contributed by atoms with Crippen LogP contribution in [0, 0.1) is 0 Å². The fourth-order valence-corrected chi connectivity index (χ4v) is 3.46. The lowest BCUT2D eigenvalue weighted by molar-refractivity contribution is 0.294. The van der Waals surface area contributed by atoms with Crippen LogP contribution in [0.1, 0.15) is 61.7 Å². The van der Waals surface area contributed by atoms with Crippen molar-refractivity contribution >= 4 is 0 Å². The summed E-state index contributed by atoms with van der Waals surface area (Å²) in [4.78, 5) is 4.90. The molecular weight excluding hydrogens is 212 g/mol. The average molecular weight is 234 g/mol. The Kier molecular flexibility index (Phi) is 3.19. The number of aliphatic hydroxyl groups is 1. The van der Waals surface area contributed by atoms with Crippen molar-refractivity contribution in [3.63, 3.8) is 0 Å². The maximum atomic E-state index is 9.27. The first kappa shape index (κ1) is 11.3. The minimum Gasteiger partial charge on any atom is -0.396 e. The van der Waals surface area contributed by atoms with Gasteiger partial charge in [0.05, 0.1) is 5.69 Å². The predicted octanol–water partition coefficient (Wildman–Crippen LogP) is 2.41. The molecule has 0 saturated heterocycles. The van der Waals surface area contributed by atoms with Gasteiger partial charge in [0.25, 0.3) is 0 Å². The van der Waals surface area contributed by atoms with Gasteiger partial charge in [-0.25, -0.2) is 4.98 Å². The number of nitrogens with zero attached hydrogens (tertiary/aromatic N) is 2. The molecule has 0 unspecified atom stereocenters. The zero-order chi connectivity index (χ0) is 11.7. The van der Waals surface area contributed by atoms with Crippen LogP contribution in [0.3, 0.4) is 0 Å². The second-order valence-electron chi connectivity index (χ2n) is 5.42. The quantitative estimate of drug-likeness (QED) is 0.872. The Morgan fingerprint density at radius 1 is 1.18 bits per heavy atom. The van der Waals surface area contributed by atoms with Crippen LogP contribution in [-0.4, -0.2) is 21.3 Å². The van der Waals surface area contributed by atoms with Gasteiger partial charge >= 0.3 is 0 Å². The van der Waals surface area contributed by atoms with Gasteiger partial charge in [0.2, 0.25) is 0 Å². The molecule has 1 fully saturated rings. The van der Waals surface area contributed by atoms with Gasteiger partial charge in [-0.3, -0.25) is 0 Å². The number of fused-ring (bicyclic) bond motifs is 1. The lowest BCUT2D eigenvalue weighted by atomic mass is 10.0. The Hall–Kier alpha value is -0.830. The molecule has 3 heteroatoms. The minimum absolute atomic E-state index is 0.255. The normalized spacial score (nSPS) is 20.8. The summed E-state index contributed by atoms with van der Waals surface area (Å²) in [5, 5.41) is 9.27. The second kappa shape index (κ2) is 4.81. The van der Waals surface area contributed by atoms with Gasteiger partial charge in [-0.15, -0.1) is 0 Å². The first-order valence-electron chi connectivity index (χ1n) is 7.09. The zero-order valence-corrected chi connectivity index (χ0v) is 10.5. The van der Waals surface area contributed by atoms with Crippen molar-refractivity contribution in [2.24, 2.45) is 0 Å². The lowest BCUT2D eigenvalue weighted by Crippen LogP contribution is -2.14. The van der Waals surface area contributed by atoms with Crippen molar-refractivity contribution in [2.45, 2.75) is 63.8 Å². The van der Waals surface area contributed by atoms with Crippen molar-refractivity contribution in [3.05, 3.63) is 17.2 Å². The van der Waals surface area contributed by atoms with E-state index in [2.05, 4.69) is 4.57 Å². The van der Waals surface area contributed by atoms with E-state index in [1.807, 2.05) is 0 Å². The van der Waals surface area contributed by atoms with Gasteiger partial charge in [-0.2, -0.15) is 0 Å². The highest BCUT2D eigenvalue weighted by Gasteiger charge is 2.26. The molecular formula is C14H22N2O. The maximum Gasteiger partial charge on any atom is 0.109 e. The molecule has 0 atom stereocenters. The minimum atomic E-state index is 0.255. The summed E-state index contributed by atoms with van der Waals surface area (Å²) in [6, 6.07) is 0. The second-order valence-corrected chi connectivity index (χ2v) is 5.42. The molecule has 1 aliphatic carbocycles. The first-order valence-corrected chi connectivity index (χ1v) is 7.09. The Morgan fingerprint density at radius 3 is 2.76 bits per heavy atom. The van der Waals surface area contributed by atoms with E-state index >= 15 is 0 Å². The van der Waals surface area contributed by atoms with Gasteiger partial charge in [0.1, 0.15) is 5.82 Å². The molecule has 1 N–H and O–H groups in total. The molecule has 3 rings (SSSR count). The molecule has 3 nitrogen and oxygen atoms in total. The maximum absolute atomic E-state index is 9.27. The SMILES string of the molecule is OCCc1c(C2CCCC2)nc2n1CCCC2. The van der Waals surface area contributed by atoms with Gasteiger partial charge in [-0.05, 0) is 25.7 Å².